The van der Waals surface area contributed by atoms with Gasteiger partial charge in [0.05, 0.1) is 5.56 Å². The number of carbonyl (C=O) groups is 2. The summed E-state index contributed by atoms with van der Waals surface area (Å²) in [5.41, 5.74) is 2.69. The van der Waals surface area contributed by atoms with Crippen molar-refractivity contribution in [2.45, 2.75) is 13.8 Å². The molecule has 0 aliphatic carbocycles. The van der Waals surface area contributed by atoms with Crippen LogP contribution < -0.4 is 15.1 Å². The van der Waals surface area contributed by atoms with Gasteiger partial charge in [-0.25, -0.2) is 9.59 Å². The average molecular weight is 428 g/mol. The zero-order chi connectivity index (χ0) is 22.7. The van der Waals surface area contributed by atoms with Crippen molar-refractivity contribution in [3.8, 4) is 11.5 Å². The molecule has 0 unspecified atom stereocenters. The first-order chi connectivity index (χ1) is 15.4. The molecule has 0 N–H and O–H groups in total. The van der Waals surface area contributed by atoms with Gasteiger partial charge < -0.3 is 13.9 Å². The molecule has 0 aliphatic rings. The molecule has 0 bridgehead atoms. The van der Waals surface area contributed by atoms with Crippen molar-refractivity contribution in [2.24, 2.45) is 0 Å². The zero-order valence-electron chi connectivity index (χ0n) is 17.6. The molecule has 0 radical (unpaired) electrons. The number of ether oxygens (including phenoxy) is 2. The number of Topliss-reactive ketones (excluding diaryl/α,β-unsaturated/α-hetero) is 1. The maximum Gasteiger partial charge on any atom is 0.343 e. The Morgan fingerprint density at radius 3 is 2.19 bits per heavy atom. The predicted octanol–water partition coefficient (Wildman–Crippen LogP) is 4.89. The number of carbonyl (C=O) groups excluding carboxylic acids is 2. The second-order valence-electron chi connectivity index (χ2n) is 7.40. The third-order valence-electron chi connectivity index (χ3n) is 4.97. The van der Waals surface area contributed by atoms with Crippen LogP contribution in [0.1, 0.15) is 31.8 Å². The Balaban J connectivity index is 1.38. The van der Waals surface area contributed by atoms with Crippen molar-refractivity contribution < 1.29 is 23.5 Å². The summed E-state index contributed by atoms with van der Waals surface area (Å²) in [6.45, 7) is 3.57. The molecule has 3 aromatic carbocycles. The van der Waals surface area contributed by atoms with Gasteiger partial charge in [-0.1, -0.05) is 17.7 Å². The monoisotopic (exact) mass is 428 g/mol. The molecule has 160 valence electrons. The van der Waals surface area contributed by atoms with Crippen LogP contribution in [0.25, 0.3) is 11.0 Å². The van der Waals surface area contributed by atoms with Gasteiger partial charge in [0.2, 0.25) is 0 Å². The van der Waals surface area contributed by atoms with Crippen LogP contribution in [0.2, 0.25) is 0 Å². The van der Waals surface area contributed by atoms with Crippen LogP contribution in [0.4, 0.5) is 0 Å². The van der Waals surface area contributed by atoms with Gasteiger partial charge in [-0.05, 0) is 67.9 Å². The number of benzene rings is 3. The van der Waals surface area contributed by atoms with E-state index in [9.17, 15) is 14.4 Å². The van der Waals surface area contributed by atoms with E-state index < -0.39 is 11.6 Å². The average Bonchev–Trinajstić information content (AvgIpc) is 2.78. The summed E-state index contributed by atoms with van der Waals surface area (Å²) in [5, 5.41) is 0.805. The summed E-state index contributed by atoms with van der Waals surface area (Å²) in [6, 6.07) is 19.9. The lowest BCUT2D eigenvalue weighted by molar-refractivity contribution is 0.0734. The topological polar surface area (TPSA) is 82.8 Å². The number of ketones is 1. The van der Waals surface area contributed by atoms with Crippen molar-refractivity contribution >= 4 is 22.7 Å². The molecule has 0 saturated carbocycles. The van der Waals surface area contributed by atoms with Crippen molar-refractivity contribution in [2.75, 3.05) is 6.61 Å². The van der Waals surface area contributed by atoms with E-state index in [0.717, 1.165) is 16.5 Å². The molecule has 0 spiro atoms. The highest BCUT2D eigenvalue weighted by Crippen LogP contribution is 2.22. The smallest absolute Gasteiger partial charge is 0.343 e. The van der Waals surface area contributed by atoms with Gasteiger partial charge in [0, 0.05) is 23.1 Å². The Labute approximate surface area is 184 Å². The molecule has 0 atom stereocenters. The largest absolute Gasteiger partial charge is 0.485 e. The summed E-state index contributed by atoms with van der Waals surface area (Å²) in [6.07, 6.45) is 0. The Morgan fingerprint density at radius 2 is 1.47 bits per heavy atom. The van der Waals surface area contributed by atoms with Crippen LogP contribution in [0, 0.1) is 13.8 Å². The maximum atomic E-state index is 12.5. The fourth-order valence-corrected chi connectivity index (χ4v) is 3.19. The van der Waals surface area contributed by atoms with Crippen molar-refractivity contribution in [3.63, 3.8) is 0 Å². The number of esters is 1. The van der Waals surface area contributed by atoms with E-state index in [1.54, 1.807) is 54.6 Å². The van der Waals surface area contributed by atoms with E-state index in [4.69, 9.17) is 13.9 Å². The molecular formula is C26H20O6. The lowest BCUT2D eigenvalue weighted by Gasteiger charge is -2.08. The number of rotatable bonds is 6. The van der Waals surface area contributed by atoms with Gasteiger partial charge in [0.1, 0.15) is 17.1 Å². The van der Waals surface area contributed by atoms with Crippen molar-refractivity contribution in [1.29, 1.82) is 0 Å². The second-order valence-corrected chi connectivity index (χ2v) is 7.40. The highest BCUT2D eigenvalue weighted by atomic mass is 16.5. The first-order valence-corrected chi connectivity index (χ1v) is 9.98. The maximum absolute atomic E-state index is 12.5. The molecular weight excluding hydrogens is 408 g/mol. The third kappa shape index (κ3) is 4.75. The minimum Gasteiger partial charge on any atom is -0.485 e. The first kappa shape index (κ1) is 21.1. The summed E-state index contributed by atoms with van der Waals surface area (Å²) in [5.74, 6) is 0.0500. The first-order valence-electron chi connectivity index (χ1n) is 9.98. The van der Waals surface area contributed by atoms with Crippen LogP contribution in [-0.2, 0) is 0 Å². The lowest BCUT2D eigenvalue weighted by Crippen LogP contribution is -2.12. The molecule has 0 fully saturated rings. The van der Waals surface area contributed by atoms with E-state index in [1.165, 1.54) is 6.07 Å². The van der Waals surface area contributed by atoms with Crippen LogP contribution in [-0.4, -0.2) is 18.4 Å². The van der Waals surface area contributed by atoms with Gasteiger partial charge in [0.15, 0.2) is 12.4 Å². The Morgan fingerprint density at radius 1 is 0.812 bits per heavy atom. The lowest BCUT2D eigenvalue weighted by atomic mass is 10.1. The van der Waals surface area contributed by atoms with Crippen molar-refractivity contribution in [3.05, 3.63) is 105 Å². The Kier molecular flexibility index (Phi) is 5.85. The molecule has 6 nitrogen and oxygen atoms in total. The van der Waals surface area contributed by atoms with Gasteiger partial charge in [0.25, 0.3) is 0 Å². The van der Waals surface area contributed by atoms with Gasteiger partial charge in [-0.15, -0.1) is 0 Å². The summed E-state index contributed by atoms with van der Waals surface area (Å²) >= 11 is 0. The van der Waals surface area contributed by atoms with Crippen LogP contribution in [0.3, 0.4) is 0 Å². The number of fused-ring (bicyclic) bond motifs is 1. The van der Waals surface area contributed by atoms with E-state index in [1.807, 2.05) is 26.0 Å². The molecule has 6 heteroatoms. The fraction of sp³-hybridized carbons (Fsp3) is 0.115. The molecule has 1 heterocycles. The highest BCUT2D eigenvalue weighted by Gasteiger charge is 2.11. The minimum absolute atomic E-state index is 0.190. The summed E-state index contributed by atoms with van der Waals surface area (Å²) in [4.78, 5) is 36.2. The molecule has 0 saturated heterocycles. The van der Waals surface area contributed by atoms with E-state index in [0.29, 0.717) is 28.2 Å². The number of hydrogen-bond donors (Lipinski definition) is 0. The number of hydrogen-bond acceptors (Lipinski definition) is 6. The zero-order valence-corrected chi connectivity index (χ0v) is 17.6. The van der Waals surface area contributed by atoms with Gasteiger partial charge >= 0.3 is 11.6 Å². The van der Waals surface area contributed by atoms with Gasteiger partial charge in [-0.2, -0.15) is 0 Å². The molecule has 1 aromatic heterocycles. The second kappa shape index (κ2) is 8.89. The van der Waals surface area contributed by atoms with Crippen LogP contribution in [0.15, 0.2) is 82.0 Å². The van der Waals surface area contributed by atoms with Crippen molar-refractivity contribution in [1.82, 2.24) is 0 Å². The highest BCUT2D eigenvalue weighted by molar-refractivity contribution is 5.97. The van der Waals surface area contributed by atoms with Crippen LogP contribution >= 0.6 is 0 Å². The minimum atomic E-state index is -0.467. The van der Waals surface area contributed by atoms with Gasteiger partial charge in [-0.3, -0.25) is 4.79 Å². The predicted molar refractivity (Wildman–Crippen MR) is 120 cm³/mol. The third-order valence-corrected chi connectivity index (χ3v) is 4.97. The van der Waals surface area contributed by atoms with E-state index >= 15 is 0 Å². The van der Waals surface area contributed by atoms with Crippen LogP contribution in [0.5, 0.6) is 11.5 Å². The number of aryl methyl sites for hydroxylation is 2. The molecule has 32 heavy (non-hydrogen) atoms. The quantitative estimate of drug-likeness (QED) is 0.188. The Bertz CT molecular complexity index is 1350. The molecule has 0 aliphatic heterocycles. The normalized spacial score (nSPS) is 10.7. The standard InChI is InChI=1S/C26H20O6/c1-16-3-5-19(6-4-16)26(29)31-20-9-7-18(8-10-20)23(27)15-30-21-11-12-22-17(2)13-25(28)32-24(22)14-21/h3-14H,15H2,1-2H3. The summed E-state index contributed by atoms with van der Waals surface area (Å²) < 4.78 is 16.1. The molecule has 0 amide bonds. The van der Waals surface area contributed by atoms with E-state index in [-0.39, 0.29) is 12.4 Å². The Hall–Kier alpha value is -4.19. The van der Waals surface area contributed by atoms with E-state index in [2.05, 4.69) is 0 Å². The summed E-state index contributed by atoms with van der Waals surface area (Å²) in [7, 11) is 0. The SMILES string of the molecule is Cc1ccc(C(=O)Oc2ccc(C(=O)COc3ccc4c(C)cc(=O)oc4c3)cc2)cc1. The fourth-order valence-electron chi connectivity index (χ4n) is 3.19. The molecule has 4 aromatic rings. The molecule has 4 rings (SSSR count).